The molecule has 0 unspecified atom stereocenters. The highest BCUT2D eigenvalue weighted by atomic mass is 16.5. The first kappa shape index (κ1) is 23.4. The van der Waals surface area contributed by atoms with Gasteiger partial charge in [0.2, 0.25) is 5.88 Å². The molecule has 0 spiro atoms. The lowest BCUT2D eigenvalue weighted by atomic mass is 9.72. The number of anilines is 1. The predicted molar refractivity (Wildman–Crippen MR) is 140 cm³/mol. The van der Waals surface area contributed by atoms with Crippen LogP contribution in [0.2, 0.25) is 0 Å². The lowest BCUT2D eigenvalue weighted by Gasteiger charge is -2.41. The van der Waals surface area contributed by atoms with Crippen molar-refractivity contribution >= 4 is 17.4 Å². The fourth-order valence-corrected chi connectivity index (χ4v) is 5.00. The Morgan fingerprint density at radius 1 is 1.22 bits per heavy atom. The molecular weight excluding hydrogens is 468 g/mol. The number of amides is 1. The fraction of sp³-hybridized carbons (Fsp3) is 0.357. The first-order chi connectivity index (χ1) is 17.8. The average molecular weight is 499 g/mol. The third kappa shape index (κ3) is 4.99. The highest BCUT2D eigenvalue weighted by molar-refractivity contribution is 5.97. The second kappa shape index (κ2) is 9.15. The minimum atomic E-state index is -0.576. The molecule has 2 aliphatic rings. The van der Waals surface area contributed by atoms with Crippen molar-refractivity contribution in [2.45, 2.75) is 51.2 Å². The van der Waals surface area contributed by atoms with Crippen LogP contribution in [0, 0.1) is 12.8 Å². The number of aromatic nitrogens is 4. The number of rotatable bonds is 8. The molecule has 37 heavy (non-hydrogen) atoms. The zero-order valence-corrected chi connectivity index (χ0v) is 20.9. The van der Waals surface area contributed by atoms with Crippen LogP contribution < -0.4 is 15.4 Å². The Morgan fingerprint density at radius 2 is 2.05 bits per heavy atom. The molecule has 3 N–H and O–H groups in total. The highest BCUT2D eigenvalue weighted by Gasteiger charge is 2.38. The van der Waals surface area contributed by atoms with Gasteiger partial charge in [-0.15, -0.1) is 0 Å². The highest BCUT2D eigenvalue weighted by Crippen LogP contribution is 2.37. The van der Waals surface area contributed by atoms with Crippen molar-refractivity contribution in [3.8, 4) is 22.8 Å². The molecule has 6 rings (SSSR count). The molecular formula is C28H30N6O3. The van der Waals surface area contributed by atoms with Crippen molar-refractivity contribution in [3.05, 3.63) is 66.1 Å². The first-order valence-corrected chi connectivity index (χ1v) is 12.7. The third-order valence-electron chi connectivity index (χ3n) is 7.03. The van der Waals surface area contributed by atoms with E-state index in [9.17, 15) is 9.90 Å². The van der Waals surface area contributed by atoms with Crippen molar-refractivity contribution in [1.82, 2.24) is 24.9 Å². The van der Waals surface area contributed by atoms with Gasteiger partial charge in [0, 0.05) is 36.0 Å². The molecule has 0 saturated heterocycles. The van der Waals surface area contributed by atoms with Crippen molar-refractivity contribution in [3.63, 3.8) is 0 Å². The number of benzene rings is 1. The quantitative estimate of drug-likeness (QED) is 0.331. The molecule has 2 saturated carbocycles. The van der Waals surface area contributed by atoms with E-state index >= 15 is 0 Å². The number of ether oxygens (including phenoxy) is 1. The molecule has 1 amide bonds. The van der Waals surface area contributed by atoms with E-state index in [2.05, 4.69) is 20.7 Å². The second-order valence-corrected chi connectivity index (χ2v) is 10.5. The molecule has 0 atom stereocenters. The maximum absolute atomic E-state index is 12.6. The summed E-state index contributed by atoms with van der Waals surface area (Å²) in [6.45, 7) is 4.53. The number of nitrogens with zero attached hydrogens (tertiary/aromatic N) is 4. The fourth-order valence-electron chi connectivity index (χ4n) is 5.00. The van der Waals surface area contributed by atoms with Crippen molar-refractivity contribution in [2.75, 3.05) is 11.9 Å². The van der Waals surface area contributed by atoms with Gasteiger partial charge in [-0.25, -0.2) is 0 Å². The zero-order chi connectivity index (χ0) is 25.6. The van der Waals surface area contributed by atoms with E-state index in [1.165, 1.54) is 0 Å². The van der Waals surface area contributed by atoms with Gasteiger partial charge in [0.15, 0.2) is 5.65 Å². The SMILES string of the molecule is Cc1cc(-c2cnn3c(NC[C@H]4C[C@@](C)(O)C4)cc(Oc4cccnc4)nc23)ccc1C(=O)NC1CC1. The topological polar surface area (TPSA) is 114 Å². The Labute approximate surface area is 214 Å². The largest absolute Gasteiger partial charge is 0.437 e. The van der Waals surface area contributed by atoms with Crippen LogP contribution in [-0.2, 0) is 0 Å². The number of aliphatic hydroxyl groups is 1. The van der Waals surface area contributed by atoms with Crippen molar-refractivity contribution < 1.29 is 14.6 Å². The molecule has 3 heterocycles. The number of carbonyl (C=O) groups excluding carboxylic acids is 1. The van der Waals surface area contributed by atoms with E-state index in [0.29, 0.717) is 41.3 Å². The maximum Gasteiger partial charge on any atom is 0.251 e. The minimum absolute atomic E-state index is 0.0295. The number of fused-ring (bicyclic) bond motifs is 1. The Balaban J connectivity index is 1.33. The summed E-state index contributed by atoms with van der Waals surface area (Å²) in [6.07, 6.45) is 8.74. The Bertz CT molecular complexity index is 1450. The molecule has 1 aromatic carbocycles. The summed E-state index contributed by atoms with van der Waals surface area (Å²) < 4.78 is 7.81. The van der Waals surface area contributed by atoms with Crippen LogP contribution >= 0.6 is 0 Å². The molecule has 9 nitrogen and oxygen atoms in total. The van der Waals surface area contributed by atoms with Crippen LogP contribution in [-0.4, -0.2) is 48.8 Å². The van der Waals surface area contributed by atoms with Gasteiger partial charge in [-0.05, 0) is 74.8 Å². The molecule has 9 heteroatoms. The van der Waals surface area contributed by atoms with E-state index in [0.717, 1.165) is 48.2 Å². The van der Waals surface area contributed by atoms with E-state index in [1.54, 1.807) is 23.1 Å². The average Bonchev–Trinajstić information content (AvgIpc) is 3.57. The van der Waals surface area contributed by atoms with Gasteiger partial charge in [-0.1, -0.05) is 12.1 Å². The van der Waals surface area contributed by atoms with Crippen LogP contribution in [0.15, 0.2) is 55.0 Å². The van der Waals surface area contributed by atoms with E-state index < -0.39 is 5.60 Å². The molecule has 0 radical (unpaired) electrons. The summed E-state index contributed by atoms with van der Waals surface area (Å²) in [6, 6.07) is 11.6. The molecule has 2 fully saturated rings. The van der Waals surface area contributed by atoms with Gasteiger partial charge in [-0.3, -0.25) is 9.78 Å². The van der Waals surface area contributed by atoms with E-state index in [-0.39, 0.29) is 5.91 Å². The molecule has 190 valence electrons. The number of hydrogen-bond acceptors (Lipinski definition) is 7. The molecule has 4 aromatic rings. The lowest BCUT2D eigenvalue weighted by Crippen LogP contribution is -2.43. The van der Waals surface area contributed by atoms with E-state index in [1.807, 2.05) is 50.2 Å². The van der Waals surface area contributed by atoms with Crippen molar-refractivity contribution in [2.24, 2.45) is 5.92 Å². The van der Waals surface area contributed by atoms with Gasteiger partial charge in [0.05, 0.1) is 18.0 Å². The second-order valence-electron chi connectivity index (χ2n) is 10.5. The van der Waals surface area contributed by atoms with Gasteiger partial charge in [-0.2, -0.15) is 14.6 Å². The number of aryl methyl sites for hydroxylation is 1. The third-order valence-corrected chi connectivity index (χ3v) is 7.03. The number of hydrogen-bond donors (Lipinski definition) is 3. The number of nitrogens with one attached hydrogen (secondary N) is 2. The summed E-state index contributed by atoms with van der Waals surface area (Å²) in [4.78, 5) is 21.5. The predicted octanol–water partition coefficient (Wildman–Crippen LogP) is 4.36. The summed E-state index contributed by atoms with van der Waals surface area (Å²) in [5, 5.41) is 21.3. The Kier molecular flexibility index (Phi) is 5.79. The normalized spacial score (nSPS) is 20.9. The molecule has 0 aliphatic heterocycles. The van der Waals surface area contributed by atoms with Crippen molar-refractivity contribution in [1.29, 1.82) is 0 Å². The van der Waals surface area contributed by atoms with E-state index in [4.69, 9.17) is 9.72 Å². The van der Waals surface area contributed by atoms with Crippen LogP contribution in [0.5, 0.6) is 11.6 Å². The molecule has 2 aliphatic carbocycles. The van der Waals surface area contributed by atoms with Crippen LogP contribution in [0.4, 0.5) is 5.82 Å². The van der Waals surface area contributed by atoms with Gasteiger partial charge in [0.1, 0.15) is 11.6 Å². The van der Waals surface area contributed by atoms with Gasteiger partial charge >= 0.3 is 0 Å². The van der Waals surface area contributed by atoms with Crippen LogP contribution in [0.3, 0.4) is 0 Å². The molecule has 3 aromatic heterocycles. The Hall–Kier alpha value is -3.98. The number of carbonyl (C=O) groups is 1. The Morgan fingerprint density at radius 3 is 2.76 bits per heavy atom. The number of pyridine rings is 1. The van der Waals surface area contributed by atoms with Gasteiger partial charge in [0.25, 0.3) is 5.91 Å². The minimum Gasteiger partial charge on any atom is -0.437 e. The summed E-state index contributed by atoms with van der Waals surface area (Å²) >= 11 is 0. The van der Waals surface area contributed by atoms with Gasteiger partial charge < -0.3 is 20.5 Å². The molecule has 0 bridgehead atoms. The monoisotopic (exact) mass is 498 g/mol. The summed E-state index contributed by atoms with van der Waals surface area (Å²) in [5.74, 6) is 2.11. The lowest BCUT2D eigenvalue weighted by molar-refractivity contribution is -0.0524. The maximum atomic E-state index is 12.6. The van der Waals surface area contributed by atoms with Crippen LogP contribution in [0.1, 0.15) is 48.5 Å². The smallest absolute Gasteiger partial charge is 0.251 e. The zero-order valence-electron chi connectivity index (χ0n) is 20.9. The summed E-state index contributed by atoms with van der Waals surface area (Å²) in [5.41, 5.74) is 3.39. The standard InChI is InChI=1S/C28H30N6O3/c1-17-10-19(5-8-22(17)27(35)32-20-6-7-20)23-16-31-34-24(30-14-18-12-28(2,36)13-18)11-25(33-26(23)34)37-21-4-3-9-29-15-21/h3-5,8-11,15-16,18,20,30,36H,6-7,12-14H2,1-2H3,(H,32,35)/t18-,28+. The summed E-state index contributed by atoms with van der Waals surface area (Å²) in [7, 11) is 0. The first-order valence-electron chi connectivity index (χ1n) is 12.7. The van der Waals surface area contributed by atoms with Crippen LogP contribution in [0.25, 0.3) is 16.8 Å².